The minimum atomic E-state index is -4.58. The van der Waals surface area contributed by atoms with Gasteiger partial charge in [-0.3, -0.25) is 4.79 Å². The molecule has 1 aromatic heterocycles. The molecule has 0 atom stereocenters. The van der Waals surface area contributed by atoms with Gasteiger partial charge < -0.3 is 19.7 Å². The number of amides is 1. The summed E-state index contributed by atoms with van der Waals surface area (Å²) in [7, 11) is 0. The van der Waals surface area contributed by atoms with Crippen molar-refractivity contribution in [2.75, 3.05) is 25.0 Å². The van der Waals surface area contributed by atoms with Crippen LogP contribution in [0.5, 0.6) is 11.5 Å². The second-order valence-corrected chi connectivity index (χ2v) is 8.92. The normalized spacial score (nSPS) is 14.5. The van der Waals surface area contributed by atoms with Crippen molar-refractivity contribution >= 4 is 51.5 Å². The molecule has 7 nitrogen and oxygen atoms in total. The van der Waals surface area contributed by atoms with Gasteiger partial charge in [-0.1, -0.05) is 29.8 Å². The minimum Gasteiger partial charge on any atom is -0.486 e. The van der Waals surface area contributed by atoms with Crippen LogP contribution in [0, 0.1) is 5.82 Å². The number of likely N-dealkylation sites (tertiary alicyclic amines) is 1. The number of fused-ring (bicyclic) bond motifs is 1. The average Bonchev–Trinajstić information content (AvgIpc) is 2.87. The van der Waals surface area contributed by atoms with E-state index in [0.29, 0.717) is 31.3 Å². The molecule has 0 spiro atoms. The highest BCUT2D eigenvalue weighted by atomic mass is 35.5. The fourth-order valence-electron chi connectivity index (χ4n) is 3.78. The molecule has 37 heavy (non-hydrogen) atoms. The van der Waals surface area contributed by atoms with Crippen LogP contribution in [0.25, 0.3) is 10.9 Å². The topological polar surface area (TPSA) is 76.6 Å². The van der Waals surface area contributed by atoms with Gasteiger partial charge in [0.1, 0.15) is 18.2 Å². The first-order valence-electron chi connectivity index (χ1n) is 11.0. The number of ether oxygens (including phenoxy) is 2. The van der Waals surface area contributed by atoms with Crippen molar-refractivity contribution in [3.8, 4) is 11.5 Å². The van der Waals surface area contributed by atoms with Gasteiger partial charge in [0, 0.05) is 37.4 Å². The maximum Gasteiger partial charge on any atom is 0.422 e. The Labute approximate surface area is 219 Å². The number of benzene rings is 2. The van der Waals surface area contributed by atoms with E-state index in [1.165, 1.54) is 36.7 Å². The van der Waals surface area contributed by atoms with Gasteiger partial charge in [0.05, 0.1) is 21.2 Å². The molecule has 0 aliphatic carbocycles. The third kappa shape index (κ3) is 6.34. The molecule has 1 fully saturated rings. The van der Waals surface area contributed by atoms with Gasteiger partial charge >= 0.3 is 6.18 Å². The highest BCUT2D eigenvalue weighted by molar-refractivity contribution is 6.42. The summed E-state index contributed by atoms with van der Waals surface area (Å²) in [5, 5.41) is 2.90. The SMILES string of the molecule is C=CC(=O)N1CCC(Oc2cc3c(Nc4ccc(Cl)c(Cl)c4F)ncnc3cc2OCC(F)(F)F)CC1. The van der Waals surface area contributed by atoms with Gasteiger partial charge in [-0.15, -0.1) is 0 Å². The minimum absolute atomic E-state index is 0.0199. The van der Waals surface area contributed by atoms with Gasteiger partial charge in [0.15, 0.2) is 23.9 Å². The summed E-state index contributed by atoms with van der Waals surface area (Å²) in [5.41, 5.74) is 0.211. The standard InChI is InChI=1S/C24H20Cl2F4N4O3/c1-2-20(35)34-7-5-13(6-8-34)37-19-9-14-17(10-18(19)36-11-24(28,29)30)31-12-32-23(14)33-16-4-3-15(25)21(26)22(16)27/h2-4,9-10,12-13H,1,5-8,11H2,(H,31,32,33). The Morgan fingerprint density at radius 2 is 1.92 bits per heavy atom. The van der Waals surface area contributed by atoms with Crippen LogP contribution in [0.15, 0.2) is 43.2 Å². The van der Waals surface area contributed by atoms with Crippen LogP contribution in [0.2, 0.25) is 10.0 Å². The van der Waals surface area contributed by atoms with Crippen LogP contribution in [0.4, 0.5) is 29.1 Å². The van der Waals surface area contributed by atoms with Crippen molar-refractivity contribution in [2.45, 2.75) is 25.1 Å². The number of carbonyl (C=O) groups is 1. The molecule has 1 aliphatic heterocycles. The summed E-state index contributed by atoms with van der Waals surface area (Å²) in [6.45, 7) is 2.73. The van der Waals surface area contributed by atoms with E-state index in [0.717, 1.165) is 0 Å². The van der Waals surface area contributed by atoms with Crippen LogP contribution in [-0.2, 0) is 4.79 Å². The third-order valence-corrected chi connectivity index (χ3v) is 6.38. The Bertz CT molecular complexity index is 1330. The summed E-state index contributed by atoms with van der Waals surface area (Å²) in [4.78, 5) is 21.7. The fraction of sp³-hybridized carbons (Fsp3) is 0.292. The van der Waals surface area contributed by atoms with E-state index >= 15 is 0 Å². The van der Waals surface area contributed by atoms with E-state index in [1.54, 1.807) is 4.90 Å². The number of aromatic nitrogens is 2. The summed E-state index contributed by atoms with van der Waals surface area (Å²) in [6.07, 6.45) is -1.69. The Balaban J connectivity index is 1.67. The predicted molar refractivity (Wildman–Crippen MR) is 131 cm³/mol. The lowest BCUT2D eigenvalue weighted by molar-refractivity contribution is -0.153. The molecule has 0 radical (unpaired) electrons. The number of nitrogens with zero attached hydrogens (tertiary/aromatic N) is 3. The smallest absolute Gasteiger partial charge is 0.422 e. The van der Waals surface area contributed by atoms with Gasteiger partial charge in [-0.2, -0.15) is 13.2 Å². The van der Waals surface area contributed by atoms with E-state index in [-0.39, 0.29) is 44.5 Å². The molecule has 196 valence electrons. The lowest BCUT2D eigenvalue weighted by Crippen LogP contribution is -2.41. The molecule has 0 saturated carbocycles. The molecule has 2 aromatic carbocycles. The number of alkyl halides is 3. The molecule has 1 aliphatic rings. The van der Waals surface area contributed by atoms with Gasteiger partial charge in [-0.25, -0.2) is 14.4 Å². The molecular weight excluding hydrogens is 539 g/mol. The molecular formula is C24H20Cl2F4N4O3. The summed E-state index contributed by atoms with van der Waals surface area (Å²) in [5.74, 6) is -0.998. The molecule has 2 heterocycles. The Hall–Kier alpha value is -3.31. The van der Waals surface area contributed by atoms with Crippen molar-refractivity contribution in [3.63, 3.8) is 0 Å². The molecule has 3 aromatic rings. The van der Waals surface area contributed by atoms with Gasteiger partial charge in [0.2, 0.25) is 5.91 Å². The lowest BCUT2D eigenvalue weighted by Gasteiger charge is -2.32. The van der Waals surface area contributed by atoms with Crippen LogP contribution in [-0.4, -0.2) is 52.8 Å². The van der Waals surface area contributed by atoms with Crippen molar-refractivity contribution < 1.29 is 31.8 Å². The molecule has 0 unspecified atom stereocenters. The maximum absolute atomic E-state index is 14.6. The summed E-state index contributed by atoms with van der Waals surface area (Å²) in [6, 6.07) is 5.50. The zero-order chi connectivity index (χ0) is 26.7. The molecule has 1 saturated heterocycles. The number of piperidine rings is 1. The second kappa shape index (κ2) is 11.0. The number of carbonyl (C=O) groups excluding carboxylic acids is 1. The maximum atomic E-state index is 14.6. The predicted octanol–water partition coefficient (Wildman–Crippen LogP) is 6.32. The van der Waals surface area contributed by atoms with Gasteiger partial charge in [0.25, 0.3) is 0 Å². The Kier molecular flexibility index (Phi) is 7.93. The quantitative estimate of drug-likeness (QED) is 0.208. The van der Waals surface area contributed by atoms with Crippen molar-refractivity contribution in [1.29, 1.82) is 0 Å². The molecule has 13 heteroatoms. The second-order valence-electron chi connectivity index (χ2n) is 8.14. The molecule has 4 rings (SSSR count). The van der Waals surface area contributed by atoms with Crippen LogP contribution in [0.3, 0.4) is 0 Å². The van der Waals surface area contributed by atoms with Crippen LogP contribution >= 0.6 is 23.2 Å². The number of halogens is 6. The first-order chi connectivity index (χ1) is 17.6. The summed E-state index contributed by atoms with van der Waals surface area (Å²) >= 11 is 11.7. The first-order valence-corrected chi connectivity index (χ1v) is 11.8. The zero-order valence-corrected chi connectivity index (χ0v) is 20.6. The number of rotatable bonds is 7. The number of hydrogen-bond acceptors (Lipinski definition) is 6. The zero-order valence-electron chi connectivity index (χ0n) is 19.1. The van der Waals surface area contributed by atoms with Crippen LogP contribution in [0.1, 0.15) is 12.8 Å². The van der Waals surface area contributed by atoms with E-state index in [1.807, 2.05) is 0 Å². The van der Waals surface area contributed by atoms with E-state index < -0.39 is 24.7 Å². The Morgan fingerprint density at radius 1 is 1.19 bits per heavy atom. The van der Waals surface area contributed by atoms with Crippen molar-refractivity contribution in [1.82, 2.24) is 14.9 Å². The lowest BCUT2D eigenvalue weighted by atomic mass is 10.1. The van der Waals surface area contributed by atoms with Crippen LogP contribution < -0.4 is 14.8 Å². The van der Waals surface area contributed by atoms with E-state index in [9.17, 15) is 22.4 Å². The van der Waals surface area contributed by atoms with Gasteiger partial charge in [-0.05, 0) is 24.3 Å². The third-order valence-electron chi connectivity index (χ3n) is 5.60. The number of hydrogen-bond donors (Lipinski definition) is 1. The van der Waals surface area contributed by atoms with Crippen molar-refractivity contribution in [2.24, 2.45) is 0 Å². The first kappa shape index (κ1) is 26.7. The Morgan fingerprint density at radius 3 is 2.59 bits per heavy atom. The fourth-order valence-corrected chi connectivity index (χ4v) is 4.09. The van der Waals surface area contributed by atoms with Crippen molar-refractivity contribution in [3.05, 3.63) is 59.1 Å². The highest BCUT2D eigenvalue weighted by Crippen LogP contribution is 2.38. The van der Waals surface area contributed by atoms with E-state index in [2.05, 4.69) is 21.9 Å². The van der Waals surface area contributed by atoms with E-state index in [4.69, 9.17) is 32.7 Å². The molecule has 1 N–H and O–H groups in total. The number of anilines is 2. The molecule has 1 amide bonds. The number of nitrogens with one attached hydrogen (secondary N) is 1. The average molecular weight is 559 g/mol. The highest BCUT2D eigenvalue weighted by Gasteiger charge is 2.30. The largest absolute Gasteiger partial charge is 0.486 e. The monoisotopic (exact) mass is 558 g/mol. The molecule has 0 bridgehead atoms. The summed E-state index contributed by atoms with van der Waals surface area (Å²) < 4.78 is 64.4.